The van der Waals surface area contributed by atoms with Gasteiger partial charge in [-0.05, 0) is 52.9 Å². The SMILES string of the molecule is CCC(C)(C)C(=O)OC1(C)CCCC1. The third-order valence-corrected chi connectivity index (χ3v) is 3.44. The van der Waals surface area contributed by atoms with Crippen molar-refractivity contribution in [3.05, 3.63) is 0 Å². The third-order valence-electron chi connectivity index (χ3n) is 3.44. The van der Waals surface area contributed by atoms with Crippen LogP contribution in [-0.2, 0) is 9.53 Å². The van der Waals surface area contributed by atoms with Gasteiger partial charge in [-0.25, -0.2) is 0 Å². The number of rotatable bonds is 3. The van der Waals surface area contributed by atoms with E-state index in [0.29, 0.717) is 0 Å². The summed E-state index contributed by atoms with van der Waals surface area (Å²) in [6.07, 6.45) is 5.27. The molecule has 2 heteroatoms. The molecule has 1 saturated carbocycles. The summed E-state index contributed by atoms with van der Waals surface area (Å²) in [5.74, 6) is -0.0376. The fraction of sp³-hybridized carbons (Fsp3) is 0.917. The second-order valence-electron chi connectivity index (χ2n) is 5.28. The molecule has 0 radical (unpaired) electrons. The molecule has 0 saturated heterocycles. The molecule has 0 aliphatic heterocycles. The van der Waals surface area contributed by atoms with Crippen molar-refractivity contribution in [1.29, 1.82) is 0 Å². The second-order valence-corrected chi connectivity index (χ2v) is 5.28. The van der Waals surface area contributed by atoms with Crippen LogP contribution in [0, 0.1) is 5.41 Å². The molecule has 82 valence electrons. The van der Waals surface area contributed by atoms with Gasteiger partial charge in [-0.1, -0.05) is 6.92 Å². The summed E-state index contributed by atoms with van der Waals surface area (Å²) < 4.78 is 5.62. The Bertz CT molecular complexity index is 212. The van der Waals surface area contributed by atoms with Crippen LogP contribution in [0.25, 0.3) is 0 Å². The molecular weight excluding hydrogens is 176 g/mol. The predicted molar refractivity (Wildman–Crippen MR) is 57.0 cm³/mol. The highest BCUT2D eigenvalue weighted by Crippen LogP contribution is 2.35. The van der Waals surface area contributed by atoms with Crippen LogP contribution in [0.3, 0.4) is 0 Å². The summed E-state index contributed by atoms with van der Waals surface area (Å²) in [4.78, 5) is 11.8. The summed E-state index contributed by atoms with van der Waals surface area (Å²) in [6.45, 7) is 7.99. The van der Waals surface area contributed by atoms with Gasteiger partial charge in [0.2, 0.25) is 0 Å². The van der Waals surface area contributed by atoms with Crippen molar-refractivity contribution in [2.45, 2.75) is 65.4 Å². The van der Waals surface area contributed by atoms with E-state index in [1.807, 2.05) is 20.8 Å². The molecule has 0 aromatic carbocycles. The Kier molecular flexibility index (Phi) is 3.23. The normalized spacial score (nSPS) is 20.9. The zero-order valence-corrected chi connectivity index (χ0v) is 9.85. The van der Waals surface area contributed by atoms with E-state index in [2.05, 4.69) is 6.92 Å². The quantitative estimate of drug-likeness (QED) is 0.650. The summed E-state index contributed by atoms with van der Waals surface area (Å²) in [5, 5.41) is 0. The number of hydrogen-bond acceptors (Lipinski definition) is 2. The van der Waals surface area contributed by atoms with Gasteiger partial charge in [-0.2, -0.15) is 0 Å². The lowest BCUT2D eigenvalue weighted by molar-refractivity contribution is -0.168. The Morgan fingerprint density at radius 1 is 1.36 bits per heavy atom. The largest absolute Gasteiger partial charge is 0.459 e. The average molecular weight is 198 g/mol. The van der Waals surface area contributed by atoms with Crippen LogP contribution in [0.1, 0.15) is 59.8 Å². The van der Waals surface area contributed by atoms with Gasteiger partial charge in [-0.3, -0.25) is 4.79 Å². The first-order valence-electron chi connectivity index (χ1n) is 5.63. The molecule has 0 aromatic rings. The van der Waals surface area contributed by atoms with E-state index < -0.39 is 0 Å². The third kappa shape index (κ3) is 2.49. The van der Waals surface area contributed by atoms with E-state index in [4.69, 9.17) is 4.74 Å². The van der Waals surface area contributed by atoms with Crippen molar-refractivity contribution < 1.29 is 9.53 Å². The Balaban J connectivity index is 2.55. The molecule has 0 amide bonds. The van der Waals surface area contributed by atoms with Gasteiger partial charge in [0.1, 0.15) is 5.60 Å². The van der Waals surface area contributed by atoms with Crippen LogP contribution < -0.4 is 0 Å². The highest BCUT2D eigenvalue weighted by molar-refractivity contribution is 5.76. The van der Waals surface area contributed by atoms with Gasteiger partial charge in [0.25, 0.3) is 0 Å². The van der Waals surface area contributed by atoms with E-state index >= 15 is 0 Å². The molecule has 1 aliphatic carbocycles. The predicted octanol–water partition coefficient (Wildman–Crippen LogP) is 3.30. The molecule has 2 nitrogen and oxygen atoms in total. The van der Waals surface area contributed by atoms with Crippen molar-refractivity contribution in [1.82, 2.24) is 0 Å². The van der Waals surface area contributed by atoms with E-state index in [1.165, 1.54) is 12.8 Å². The zero-order chi connectivity index (χ0) is 10.8. The minimum Gasteiger partial charge on any atom is -0.459 e. The lowest BCUT2D eigenvalue weighted by Gasteiger charge is -2.29. The van der Waals surface area contributed by atoms with Gasteiger partial charge in [0, 0.05) is 0 Å². The second kappa shape index (κ2) is 3.92. The average Bonchev–Trinajstić information content (AvgIpc) is 2.52. The topological polar surface area (TPSA) is 26.3 Å². The number of ether oxygens (including phenoxy) is 1. The van der Waals surface area contributed by atoms with Gasteiger partial charge in [0.05, 0.1) is 5.41 Å². The lowest BCUT2D eigenvalue weighted by atomic mass is 9.90. The summed E-state index contributed by atoms with van der Waals surface area (Å²) in [6, 6.07) is 0. The highest BCUT2D eigenvalue weighted by Gasteiger charge is 2.37. The maximum absolute atomic E-state index is 11.8. The molecule has 0 heterocycles. The van der Waals surface area contributed by atoms with Crippen LogP contribution in [-0.4, -0.2) is 11.6 Å². The molecule has 0 N–H and O–H groups in total. The first kappa shape index (κ1) is 11.5. The molecule has 0 bridgehead atoms. The van der Waals surface area contributed by atoms with Crippen LogP contribution in [0.2, 0.25) is 0 Å². The number of carbonyl (C=O) groups is 1. The first-order valence-corrected chi connectivity index (χ1v) is 5.63. The Morgan fingerprint density at radius 2 is 1.86 bits per heavy atom. The van der Waals surface area contributed by atoms with E-state index in [-0.39, 0.29) is 17.0 Å². The maximum atomic E-state index is 11.8. The summed E-state index contributed by atoms with van der Waals surface area (Å²) >= 11 is 0. The van der Waals surface area contributed by atoms with E-state index in [1.54, 1.807) is 0 Å². The molecule has 0 spiro atoms. The minimum atomic E-state index is -0.328. The first-order chi connectivity index (χ1) is 6.40. The molecule has 0 aromatic heterocycles. The standard InChI is InChI=1S/C12H22O2/c1-5-11(2,3)10(13)14-12(4)8-6-7-9-12/h5-9H2,1-4H3. The van der Waals surface area contributed by atoms with Crippen LogP contribution >= 0.6 is 0 Å². The molecule has 1 fully saturated rings. The summed E-state index contributed by atoms with van der Waals surface area (Å²) in [5.41, 5.74) is -0.505. The van der Waals surface area contributed by atoms with Crippen LogP contribution in [0.15, 0.2) is 0 Å². The maximum Gasteiger partial charge on any atom is 0.312 e. The van der Waals surface area contributed by atoms with Crippen molar-refractivity contribution in [2.75, 3.05) is 0 Å². The van der Waals surface area contributed by atoms with Crippen molar-refractivity contribution in [3.63, 3.8) is 0 Å². The van der Waals surface area contributed by atoms with E-state index in [9.17, 15) is 4.79 Å². The molecule has 1 rings (SSSR count). The zero-order valence-electron chi connectivity index (χ0n) is 9.85. The lowest BCUT2D eigenvalue weighted by Crippen LogP contribution is -2.35. The van der Waals surface area contributed by atoms with Crippen molar-refractivity contribution in [2.24, 2.45) is 5.41 Å². The fourth-order valence-corrected chi connectivity index (χ4v) is 1.73. The van der Waals surface area contributed by atoms with Gasteiger partial charge >= 0.3 is 5.97 Å². The minimum absolute atomic E-state index is 0.0376. The number of esters is 1. The Hall–Kier alpha value is -0.530. The van der Waals surface area contributed by atoms with Crippen LogP contribution in [0.4, 0.5) is 0 Å². The molecule has 0 atom stereocenters. The van der Waals surface area contributed by atoms with Crippen LogP contribution in [0.5, 0.6) is 0 Å². The van der Waals surface area contributed by atoms with Gasteiger partial charge in [-0.15, -0.1) is 0 Å². The number of carbonyl (C=O) groups excluding carboxylic acids is 1. The molecule has 14 heavy (non-hydrogen) atoms. The van der Waals surface area contributed by atoms with Gasteiger partial charge in [0.15, 0.2) is 0 Å². The molecular formula is C12H22O2. The van der Waals surface area contributed by atoms with Crippen molar-refractivity contribution in [3.8, 4) is 0 Å². The monoisotopic (exact) mass is 198 g/mol. The smallest absolute Gasteiger partial charge is 0.312 e. The van der Waals surface area contributed by atoms with Gasteiger partial charge < -0.3 is 4.74 Å². The highest BCUT2D eigenvalue weighted by atomic mass is 16.6. The molecule has 0 unspecified atom stereocenters. The fourth-order valence-electron chi connectivity index (χ4n) is 1.73. The Labute approximate surface area is 87.0 Å². The summed E-state index contributed by atoms with van der Waals surface area (Å²) in [7, 11) is 0. The Morgan fingerprint density at radius 3 is 2.29 bits per heavy atom. The number of hydrogen-bond donors (Lipinski definition) is 0. The van der Waals surface area contributed by atoms with Crippen molar-refractivity contribution >= 4 is 5.97 Å². The van der Waals surface area contributed by atoms with E-state index in [0.717, 1.165) is 19.3 Å². The molecule has 1 aliphatic rings.